The second kappa shape index (κ2) is 9.15. The Morgan fingerprint density at radius 3 is 2.47 bits per heavy atom. The zero-order valence-electron chi connectivity index (χ0n) is 18.5. The minimum absolute atomic E-state index is 0.0983. The third kappa shape index (κ3) is 4.05. The summed E-state index contributed by atoms with van der Waals surface area (Å²) >= 11 is 1.28. The average Bonchev–Trinajstić information content (AvgIpc) is 3.29. The van der Waals surface area contributed by atoms with Gasteiger partial charge in [0, 0.05) is 10.9 Å². The number of piperidine rings is 1. The monoisotopic (exact) mass is 483 g/mol. The van der Waals surface area contributed by atoms with E-state index >= 15 is 0 Å². The van der Waals surface area contributed by atoms with Crippen LogP contribution in [0.25, 0.3) is 20.7 Å². The van der Waals surface area contributed by atoms with Crippen molar-refractivity contribution < 1.29 is 13.5 Å². The molecule has 1 fully saturated rings. The van der Waals surface area contributed by atoms with Crippen LogP contribution in [0.3, 0.4) is 0 Å². The van der Waals surface area contributed by atoms with Gasteiger partial charge in [-0.15, -0.1) is 11.3 Å². The van der Waals surface area contributed by atoms with Gasteiger partial charge in [-0.2, -0.15) is 0 Å². The molecular weight excluding hydrogens is 460 g/mol. The van der Waals surface area contributed by atoms with Crippen LogP contribution < -0.4 is 21.3 Å². The maximum absolute atomic E-state index is 14.4. The number of hydrogen-bond donors (Lipinski definition) is 1. The van der Waals surface area contributed by atoms with E-state index in [4.69, 9.17) is 4.74 Å². The number of benzene rings is 2. The summed E-state index contributed by atoms with van der Waals surface area (Å²) in [6, 6.07) is 12.1. The number of methoxy groups -OCH3 is 1. The van der Waals surface area contributed by atoms with Gasteiger partial charge in [0.2, 0.25) is 0 Å². The smallest absolute Gasteiger partial charge is 0.332 e. The van der Waals surface area contributed by atoms with E-state index in [2.05, 4.69) is 5.32 Å². The van der Waals surface area contributed by atoms with Crippen molar-refractivity contribution in [1.82, 2.24) is 14.5 Å². The third-order valence-electron chi connectivity index (χ3n) is 6.21. The predicted molar refractivity (Wildman–Crippen MR) is 129 cm³/mol. The molecule has 34 heavy (non-hydrogen) atoms. The van der Waals surface area contributed by atoms with E-state index < -0.39 is 11.5 Å². The van der Waals surface area contributed by atoms with Gasteiger partial charge in [-0.1, -0.05) is 18.2 Å². The molecular formula is C25H23F2N3O3S. The Bertz CT molecular complexity index is 1470. The largest absolute Gasteiger partial charge is 0.494 e. The number of nitrogens with zero attached hydrogens (tertiary/aromatic N) is 2. The highest BCUT2D eigenvalue weighted by atomic mass is 32.1. The highest BCUT2D eigenvalue weighted by Gasteiger charge is 2.24. The number of halogens is 2. The minimum atomic E-state index is -0.520. The summed E-state index contributed by atoms with van der Waals surface area (Å²) in [6.07, 6.45) is 1.35. The van der Waals surface area contributed by atoms with Crippen molar-refractivity contribution in [3.05, 3.63) is 86.6 Å². The van der Waals surface area contributed by atoms with Crippen molar-refractivity contribution in [2.75, 3.05) is 20.2 Å². The molecule has 0 unspecified atom stereocenters. The van der Waals surface area contributed by atoms with E-state index in [1.165, 1.54) is 51.8 Å². The molecule has 6 nitrogen and oxygen atoms in total. The lowest BCUT2D eigenvalue weighted by Crippen LogP contribution is -2.45. The molecule has 0 radical (unpaired) electrons. The standard InChI is InChI=1S/C25H23F2N3O3S/c1-33-21-7-2-15(12-19(21)27)14-29-20-13-22(16-3-5-17(26)6-4-16)34-23(20)24(31)30(25(29)32)18-8-10-28-11-9-18/h2-7,12-13,18,28H,8-11,14H2,1H3. The number of rotatable bonds is 5. The molecule has 0 saturated carbocycles. The molecule has 2 aromatic carbocycles. The van der Waals surface area contributed by atoms with E-state index in [-0.39, 0.29) is 29.7 Å². The topological polar surface area (TPSA) is 65.3 Å². The summed E-state index contributed by atoms with van der Waals surface area (Å²) in [6.45, 7) is 1.55. The Kier molecular flexibility index (Phi) is 6.05. The van der Waals surface area contributed by atoms with E-state index in [1.807, 2.05) is 0 Å². The van der Waals surface area contributed by atoms with Gasteiger partial charge < -0.3 is 10.1 Å². The third-order valence-corrected chi connectivity index (χ3v) is 7.37. The molecule has 5 rings (SSSR count). The number of fused-ring (bicyclic) bond motifs is 1. The summed E-state index contributed by atoms with van der Waals surface area (Å²) < 4.78 is 36.1. The van der Waals surface area contributed by atoms with E-state index in [1.54, 1.807) is 24.3 Å². The number of aromatic nitrogens is 2. The fourth-order valence-electron chi connectivity index (χ4n) is 4.45. The fraction of sp³-hybridized carbons (Fsp3) is 0.280. The van der Waals surface area contributed by atoms with Gasteiger partial charge in [0.25, 0.3) is 5.56 Å². The molecule has 0 bridgehead atoms. The number of thiophene rings is 1. The second-order valence-corrected chi connectivity index (χ2v) is 9.38. The first-order valence-electron chi connectivity index (χ1n) is 11.0. The lowest BCUT2D eigenvalue weighted by atomic mass is 10.1. The van der Waals surface area contributed by atoms with Crippen LogP contribution in [0.5, 0.6) is 5.75 Å². The molecule has 1 saturated heterocycles. The van der Waals surface area contributed by atoms with Gasteiger partial charge in [0.15, 0.2) is 11.6 Å². The quantitative estimate of drug-likeness (QED) is 0.463. The minimum Gasteiger partial charge on any atom is -0.494 e. The van der Waals surface area contributed by atoms with E-state index in [9.17, 15) is 18.4 Å². The van der Waals surface area contributed by atoms with Crippen LogP contribution in [0.2, 0.25) is 0 Å². The Morgan fingerprint density at radius 2 is 1.79 bits per heavy atom. The first-order chi connectivity index (χ1) is 16.5. The molecule has 1 aliphatic heterocycles. The molecule has 176 valence electrons. The molecule has 1 aliphatic rings. The Hall–Kier alpha value is -3.30. The van der Waals surface area contributed by atoms with Crippen molar-refractivity contribution in [3.63, 3.8) is 0 Å². The van der Waals surface area contributed by atoms with Gasteiger partial charge in [0.05, 0.1) is 19.2 Å². The van der Waals surface area contributed by atoms with Crippen molar-refractivity contribution in [2.24, 2.45) is 0 Å². The van der Waals surface area contributed by atoms with E-state index in [0.29, 0.717) is 28.6 Å². The summed E-state index contributed by atoms with van der Waals surface area (Å²) in [4.78, 5) is 27.9. The molecule has 0 aliphatic carbocycles. The number of ether oxygens (including phenoxy) is 1. The van der Waals surface area contributed by atoms with Crippen LogP contribution in [0, 0.1) is 11.6 Å². The van der Waals surface area contributed by atoms with Crippen molar-refractivity contribution in [3.8, 4) is 16.2 Å². The normalized spacial score (nSPS) is 14.6. The van der Waals surface area contributed by atoms with Crippen LogP contribution in [0.1, 0.15) is 24.4 Å². The summed E-state index contributed by atoms with van der Waals surface area (Å²) in [5, 5.41) is 3.26. The molecule has 3 heterocycles. The molecule has 1 N–H and O–H groups in total. The predicted octanol–water partition coefficient (Wildman–Crippen LogP) is 4.15. The highest BCUT2D eigenvalue weighted by molar-refractivity contribution is 7.22. The molecule has 4 aromatic rings. The lowest BCUT2D eigenvalue weighted by molar-refractivity contribution is 0.346. The van der Waals surface area contributed by atoms with Gasteiger partial charge in [-0.25, -0.2) is 13.6 Å². The van der Waals surface area contributed by atoms with Crippen LogP contribution in [-0.2, 0) is 6.54 Å². The zero-order chi connectivity index (χ0) is 23.8. The maximum Gasteiger partial charge on any atom is 0.332 e. The average molecular weight is 484 g/mol. The first-order valence-corrected chi connectivity index (χ1v) is 11.9. The van der Waals surface area contributed by atoms with E-state index in [0.717, 1.165) is 23.5 Å². The SMILES string of the molecule is COc1ccc(Cn2c(=O)n(C3CCNCC3)c(=O)c3sc(-c4ccc(F)cc4)cc32)cc1F. The molecule has 0 atom stereocenters. The number of hydrogen-bond acceptors (Lipinski definition) is 5. The fourth-order valence-corrected chi connectivity index (χ4v) is 5.56. The van der Waals surface area contributed by atoms with Crippen LogP contribution in [0.4, 0.5) is 8.78 Å². The molecule has 0 spiro atoms. The highest BCUT2D eigenvalue weighted by Crippen LogP contribution is 2.32. The Balaban J connectivity index is 1.70. The molecule has 9 heteroatoms. The zero-order valence-corrected chi connectivity index (χ0v) is 19.3. The van der Waals surface area contributed by atoms with Gasteiger partial charge >= 0.3 is 5.69 Å². The molecule has 2 aromatic heterocycles. The van der Waals surface area contributed by atoms with Gasteiger partial charge in [0.1, 0.15) is 10.5 Å². The van der Waals surface area contributed by atoms with Crippen LogP contribution in [-0.4, -0.2) is 29.3 Å². The van der Waals surface area contributed by atoms with Crippen molar-refractivity contribution >= 4 is 21.6 Å². The van der Waals surface area contributed by atoms with Gasteiger partial charge in [-0.3, -0.25) is 13.9 Å². The first kappa shape index (κ1) is 22.5. The second-order valence-electron chi connectivity index (χ2n) is 8.33. The van der Waals surface area contributed by atoms with Crippen LogP contribution >= 0.6 is 11.3 Å². The summed E-state index contributed by atoms with van der Waals surface area (Å²) in [5.41, 5.74) is 1.09. The maximum atomic E-state index is 14.4. The summed E-state index contributed by atoms with van der Waals surface area (Å²) in [7, 11) is 1.39. The summed E-state index contributed by atoms with van der Waals surface area (Å²) in [5.74, 6) is -0.750. The van der Waals surface area contributed by atoms with Crippen LogP contribution in [0.15, 0.2) is 58.1 Å². The van der Waals surface area contributed by atoms with Crippen molar-refractivity contribution in [2.45, 2.75) is 25.4 Å². The molecule has 0 amide bonds. The Morgan fingerprint density at radius 1 is 1.06 bits per heavy atom. The Labute approximate surface area is 198 Å². The lowest BCUT2D eigenvalue weighted by Gasteiger charge is -2.25. The number of nitrogens with one attached hydrogen (secondary N) is 1. The van der Waals surface area contributed by atoms with Gasteiger partial charge in [-0.05, 0) is 67.4 Å². The van der Waals surface area contributed by atoms with Crippen molar-refractivity contribution in [1.29, 1.82) is 0 Å².